The van der Waals surface area contributed by atoms with Crippen LogP contribution in [0.25, 0.3) is 0 Å². The van der Waals surface area contributed by atoms with Crippen molar-refractivity contribution in [3.63, 3.8) is 0 Å². The molecule has 0 atom stereocenters. The molecule has 114 valence electrons. The molecule has 9 heteroatoms. The average molecular weight is 303 g/mol. The van der Waals surface area contributed by atoms with E-state index in [1.807, 2.05) is 13.8 Å². The van der Waals surface area contributed by atoms with Gasteiger partial charge < -0.3 is 15.2 Å². The number of imidazole rings is 1. The molecule has 0 aliphatic carbocycles. The quantitative estimate of drug-likeness (QED) is 0.708. The molecule has 0 fully saturated rings. The van der Waals surface area contributed by atoms with Crippen LogP contribution in [0.3, 0.4) is 0 Å². The van der Waals surface area contributed by atoms with E-state index in [1.54, 1.807) is 11.9 Å². The molecule has 0 saturated heterocycles. The van der Waals surface area contributed by atoms with Crippen molar-refractivity contribution in [3.05, 3.63) is 6.33 Å². The summed E-state index contributed by atoms with van der Waals surface area (Å²) >= 11 is 0. The molecule has 20 heavy (non-hydrogen) atoms. The Morgan fingerprint density at radius 1 is 1.45 bits per heavy atom. The summed E-state index contributed by atoms with van der Waals surface area (Å²) in [4.78, 5) is 17.1. The maximum absolute atomic E-state index is 12.0. The Bertz CT molecular complexity index is 543. The molecule has 3 N–H and O–H groups in total. The Morgan fingerprint density at radius 2 is 2.05 bits per heavy atom. The van der Waals surface area contributed by atoms with Gasteiger partial charge in [0, 0.05) is 33.1 Å². The first kappa shape index (κ1) is 16.4. The van der Waals surface area contributed by atoms with Gasteiger partial charge in [0.2, 0.25) is 5.91 Å². The molecular formula is C11H21N5O3S. The van der Waals surface area contributed by atoms with Crippen molar-refractivity contribution < 1.29 is 13.2 Å². The van der Waals surface area contributed by atoms with Gasteiger partial charge in [-0.2, -0.15) is 0 Å². The second-order valence-electron chi connectivity index (χ2n) is 4.26. The Hall–Kier alpha value is -1.61. The van der Waals surface area contributed by atoms with Crippen LogP contribution in [0, 0.1) is 0 Å². The van der Waals surface area contributed by atoms with Crippen LogP contribution in [0.4, 0.5) is 5.82 Å². The number of amides is 1. The Labute approximate surface area is 119 Å². The van der Waals surface area contributed by atoms with E-state index in [4.69, 9.17) is 5.73 Å². The zero-order chi connectivity index (χ0) is 15.3. The minimum absolute atomic E-state index is 0.0300. The predicted octanol–water partition coefficient (Wildman–Crippen LogP) is -0.461. The van der Waals surface area contributed by atoms with Crippen molar-refractivity contribution in [2.24, 2.45) is 7.05 Å². The lowest BCUT2D eigenvalue weighted by Gasteiger charge is -2.18. The van der Waals surface area contributed by atoms with Gasteiger partial charge in [-0.3, -0.25) is 4.79 Å². The molecule has 0 saturated carbocycles. The predicted molar refractivity (Wildman–Crippen MR) is 75.4 cm³/mol. The summed E-state index contributed by atoms with van der Waals surface area (Å²) in [6, 6.07) is 0. The minimum atomic E-state index is -3.76. The summed E-state index contributed by atoms with van der Waals surface area (Å²) in [5, 5.41) is -0.0900. The number of anilines is 1. The van der Waals surface area contributed by atoms with Crippen LogP contribution in [-0.2, 0) is 21.9 Å². The van der Waals surface area contributed by atoms with Crippen molar-refractivity contribution in [1.29, 1.82) is 0 Å². The topological polar surface area (TPSA) is 110 Å². The zero-order valence-corrected chi connectivity index (χ0v) is 12.8. The number of nitrogens with two attached hydrogens (primary N) is 1. The van der Waals surface area contributed by atoms with Gasteiger partial charge in [0.25, 0.3) is 10.0 Å². The van der Waals surface area contributed by atoms with E-state index in [1.165, 1.54) is 10.9 Å². The molecule has 0 radical (unpaired) electrons. The van der Waals surface area contributed by atoms with Crippen LogP contribution < -0.4 is 10.5 Å². The molecule has 1 amide bonds. The molecular weight excluding hydrogens is 282 g/mol. The van der Waals surface area contributed by atoms with Crippen molar-refractivity contribution in [1.82, 2.24) is 19.2 Å². The number of nitrogens with zero attached hydrogens (tertiary/aromatic N) is 3. The van der Waals surface area contributed by atoms with E-state index in [2.05, 4.69) is 9.71 Å². The highest BCUT2D eigenvalue weighted by Crippen LogP contribution is 2.14. The number of aromatic nitrogens is 2. The number of rotatable bonds is 7. The van der Waals surface area contributed by atoms with Gasteiger partial charge in [0.05, 0.1) is 6.33 Å². The van der Waals surface area contributed by atoms with Gasteiger partial charge in [-0.05, 0) is 13.8 Å². The number of sulfonamides is 1. The van der Waals surface area contributed by atoms with Crippen LogP contribution in [-0.4, -0.2) is 48.4 Å². The van der Waals surface area contributed by atoms with E-state index < -0.39 is 10.0 Å². The van der Waals surface area contributed by atoms with E-state index in [9.17, 15) is 13.2 Å². The first-order valence-corrected chi connectivity index (χ1v) is 7.86. The van der Waals surface area contributed by atoms with Crippen LogP contribution in [0.2, 0.25) is 0 Å². The van der Waals surface area contributed by atoms with Crippen molar-refractivity contribution >= 4 is 21.7 Å². The SMILES string of the molecule is CCN(CC)C(=O)CCNS(=O)(=O)c1c(N)ncn1C. The fourth-order valence-corrected chi connectivity index (χ4v) is 3.12. The largest absolute Gasteiger partial charge is 0.381 e. The zero-order valence-electron chi connectivity index (χ0n) is 12.0. The molecule has 0 aliphatic heterocycles. The van der Waals surface area contributed by atoms with Gasteiger partial charge in [-0.15, -0.1) is 0 Å². The Morgan fingerprint density at radius 3 is 2.50 bits per heavy atom. The monoisotopic (exact) mass is 303 g/mol. The second kappa shape index (κ2) is 6.71. The van der Waals surface area contributed by atoms with Gasteiger partial charge in [0.15, 0.2) is 10.8 Å². The second-order valence-corrected chi connectivity index (χ2v) is 5.94. The van der Waals surface area contributed by atoms with Crippen molar-refractivity contribution in [2.45, 2.75) is 25.3 Å². The van der Waals surface area contributed by atoms with Gasteiger partial charge >= 0.3 is 0 Å². The minimum Gasteiger partial charge on any atom is -0.381 e. The Kier molecular flexibility index (Phi) is 5.52. The van der Waals surface area contributed by atoms with Crippen LogP contribution >= 0.6 is 0 Å². The van der Waals surface area contributed by atoms with Crippen molar-refractivity contribution in [2.75, 3.05) is 25.4 Å². The highest BCUT2D eigenvalue weighted by molar-refractivity contribution is 7.89. The lowest BCUT2D eigenvalue weighted by molar-refractivity contribution is -0.130. The number of carbonyl (C=O) groups excluding carboxylic acids is 1. The lowest BCUT2D eigenvalue weighted by atomic mass is 10.3. The summed E-state index contributed by atoms with van der Waals surface area (Å²) < 4.78 is 27.8. The lowest BCUT2D eigenvalue weighted by Crippen LogP contribution is -2.34. The number of hydrogen-bond acceptors (Lipinski definition) is 5. The Balaban J connectivity index is 2.64. The number of hydrogen-bond donors (Lipinski definition) is 2. The highest BCUT2D eigenvalue weighted by atomic mass is 32.2. The van der Waals surface area contributed by atoms with E-state index in [0.29, 0.717) is 13.1 Å². The molecule has 1 aromatic rings. The molecule has 0 aromatic carbocycles. The summed E-state index contributed by atoms with van der Waals surface area (Å²) in [7, 11) is -2.22. The van der Waals surface area contributed by atoms with Crippen LogP contribution in [0.1, 0.15) is 20.3 Å². The summed E-state index contributed by atoms with van der Waals surface area (Å²) in [6.45, 7) is 5.00. The normalized spacial score (nSPS) is 11.6. The molecule has 0 unspecified atom stereocenters. The molecule has 1 heterocycles. The number of nitrogens with one attached hydrogen (secondary N) is 1. The molecule has 1 rings (SSSR count). The third-order valence-electron chi connectivity index (χ3n) is 2.91. The fraction of sp³-hybridized carbons (Fsp3) is 0.636. The van der Waals surface area contributed by atoms with Crippen molar-refractivity contribution in [3.8, 4) is 0 Å². The van der Waals surface area contributed by atoms with Gasteiger partial charge in [-0.1, -0.05) is 0 Å². The molecule has 0 aliphatic rings. The first-order valence-electron chi connectivity index (χ1n) is 6.37. The van der Waals surface area contributed by atoms with E-state index in [-0.39, 0.29) is 29.7 Å². The average Bonchev–Trinajstić information content (AvgIpc) is 2.70. The van der Waals surface area contributed by atoms with Crippen LogP contribution in [0.15, 0.2) is 11.4 Å². The maximum Gasteiger partial charge on any atom is 0.260 e. The molecule has 0 bridgehead atoms. The maximum atomic E-state index is 12.0. The molecule has 0 spiro atoms. The summed E-state index contributed by atoms with van der Waals surface area (Å²) in [6.07, 6.45) is 1.43. The first-order chi connectivity index (χ1) is 9.33. The van der Waals surface area contributed by atoms with E-state index >= 15 is 0 Å². The van der Waals surface area contributed by atoms with Gasteiger partial charge in [-0.25, -0.2) is 18.1 Å². The standard InChI is InChI=1S/C11H21N5O3S/c1-4-16(5-2)9(17)6-7-14-20(18,19)11-10(12)13-8-15(11)3/h8,14H,4-7,12H2,1-3H3. The highest BCUT2D eigenvalue weighted by Gasteiger charge is 2.22. The van der Waals surface area contributed by atoms with E-state index in [0.717, 1.165) is 0 Å². The third kappa shape index (κ3) is 3.70. The number of carbonyl (C=O) groups is 1. The van der Waals surface area contributed by atoms with Gasteiger partial charge in [0.1, 0.15) is 0 Å². The molecule has 1 aromatic heterocycles. The fourth-order valence-electron chi connectivity index (χ4n) is 1.86. The van der Waals surface area contributed by atoms with Crippen LogP contribution in [0.5, 0.6) is 0 Å². The summed E-state index contributed by atoms with van der Waals surface area (Å²) in [5.74, 6) is -0.147. The third-order valence-corrected chi connectivity index (χ3v) is 4.50. The smallest absolute Gasteiger partial charge is 0.260 e. The number of aryl methyl sites for hydroxylation is 1. The number of nitrogen functional groups attached to an aromatic ring is 1. The molecule has 8 nitrogen and oxygen atoms in total. The summed E-state index contributed by atoms with van der Waals surface area (Å²) in [5.41, 5.74) is 5.52.